The van der Waals surface area contributed by atoms with E-state index in [1.54, 1.807) is 38.1 Å². The van der Waals surface area contributed by atoms with Crippen molar-refractivity contribution in [2.75, 3.05) is 11.6 Å². The second-order valence-corrected chi connectivity index (χ2v) is 11.8. The summed E-state index contributed by atoms with van der Waals surface area (Å²) >= 11 is 24.8. The van der Waals surface area contributed by atoms with Gasteiger partial charge in [-0.2, -0.15) is 5.10 Å². The van der Waals surface area contributed by atoms with E-state index in [2.05, 4.69) is 10.8 Å². The summed E-state index contributed by atoms with van der Waals surface area (Å²) in [6.45, 7) is 3.58. The molecule has 5 nitrogen and oxygen atoms in total. The minimum Gasteiger partial charge on any atom is -0.260 e. The van der Waals surface area contributed by atoms with Crippen molar-refractivity contribution in [2.24, 2.45) is 11.0 Å². The number of hydrogen-bond acceptors (Lipinski definition) is 4. The molecule has 1 aliphatic carbocycles. The Hall–Kier alpha value is -1.54. The van der Waals surface area contributed by atoms with Crippen molar-refractivity contribution in [3.63, 3.8) is 0 Å². The van der Waals surface area contributed by atoms with Crippen LogP contribution in [0.2, 0.25) is 15.1 Å². The number of allylic oxidation sites excluding steroid dienone is 3. The highest BCUT2D eigenvalue weighted by molar-refractivity contribution is 7.89. The van der Waals surface area contributed by atoms with Gasteiger partial charge in [0.25, 0.3) is 0 Å². The Morgan fingerprint density at radius 2 is 1.82 bits per heavy atom. The van der Waals surface area contributed by atoms with E-state index in [0.717, 1.165) is 6.42 Å². The monoisotopic (exact) mass is 557 g/mol. The molecule has 34 heavy (non-hydrogen) atoms. The number of halogens is 4. The van der Waals surface area contributed by atoms with E-state index in [-0.39, 0.29) is 23.4 Å². The van der Waals surface area contributed by atoms with Crippen LogP contribution >= 0.6 is 46.4 Å². The molecule has 0 bridgehead atoms. The number of benzene rings is 2. The SMILES string of the molecule is Cc1cc(S(=O)(=O)NCC2=NN(c3ccc(Cl)cc3Cl)[C@H](C3C=CC(Cl)=CC3)C2)c(C)cc1Cl. The molecule has 1 aliphatic heterocycles. The van der Waals surface area contributed by atoms with Gasteiger partial charge in [-0.3, -0.25) is 5.01 Å². The van der Waals surface area contributed by atoms with Crippen molar-refractivity contribution in [1.29, 1.82) is 0 Å². The maximum Gasteiger partial charge on any atom is 0.241 e. The van der Waals surface area contributed by atoms with Gasteiger partial charge >= 0.3 is 0 Å². The number of anilines is 1. The number of aryl methyl sites for hydroxylation is 2. The van der Waals surface area contributed by atoms with E-state index in [0.29, 0.717) is 49.0 Å². The summed E-state index contributed by atoms with van der Waals surface area (Å²) in [5, 5.41) is 8.86. The molecule has 1 N–H and O–H groups in total. The minimum atomic E-state index is -3.76. The van der Waals surface area contributed by atoms with E-state index in [9.17, 15) is 8.42 Å². The van der Waals surface area contributed by atoms with Crippen LogP contribution in [0.15, 0.2) is 63.6 Å². The van der Waals surface area contributed by atoms with Gasteiger partial charge in [0.05, 0.1) is 33.9 Å². The summed E-state index contributed by atoms with van der Waals surface area (Å²) in [6.07, 6.45) is 7.23. The molecule has 2 aromatic carbocycles. The van der Waals surface area contributed by atoms with Crippen LogP contribution in [0.4, 0.5) is 5.69 Å². The second kappa shape index (κ2) is 10.2. The Morgan fingerprint density at radius 3 is 2.50 bits per heavy atom. The summed E-state index contributed by atoms with van der Waals surface area (Å²) < 4.78 is 28.8. The zero-order chi connectivity index (χ0) is 24.6. The van der Waals surface area contributed by atoms with E-state index in [1.165, 1.54) is 0 Å². The van der Waals surface area contributed by atoms with E-state index >= 15 is 0 Å². The quantitative estimate of drug-likeness (QED) is 0.420. The predicted octanol–water partition coefficient (Wildman–Crippen LogP) is 6.88. The molecule has 10 heteroatoms. The molecule has 0 aromatic heterocycles. The molecule has 2 aliphatic rings. The van der Waals surface area contributed by atoms with E-state index < -0.39 is 10.0 Å². The molecular formula is C24H23Cl4N3O2S. The smallest absolute Gasteiger partial charge is 0.241 e. The van der Waals surface area contributed by atoms with E-state index in [1.807, 2.05) is 23.2 Å². The fourth-order valence-electron chi connectivity index (χ4n) is 4.13. The molecule has 0 saturated heterocycles. The van der Waals surface area contributed by atoms with Crippen LogP contribution < -0.4 is 9.73 Å². The lowest BCUT2D eigenvalue weighted by atomic mass is 9.89. The lowest BCUT2D eigenvalue weighted by molar-refractivity contribution is 0.499. The molecule has 0 radical (unpaired) electrons. The number of nitrogens with one attached hydrogen (secondary N) is 1. The molecule has 0 fully saturated rings. The third-order valence-corrected chi connectivity index (χ3v) is 8.73. The van der Waals surface area contributed by atoms with Crippen molar-refractivity contribution in [2.45, 2.75) is 37.6 Å². The van der Waals surface area contributed by atoms with Crippen LogP contribution in [0.3, 0.4) is 0 Å². The number of rotatable bonds is 6. The van der Waals surface area contributed by atoms with Crippen LogP contribution in [0.5, 0.6) is 0 Å². The molecule has 2 aromatic rings. The average Bonchev–Trinajstić information content (AvgIpc) is 3.19. The zero-order valence-corrected chi connectivity index (χ0v) is 22.4. The van der Waals surface area contributed by atoms with Crippen molar-refractivity contribution < 1.29 is 8.42 Å². The van der Waals surface area contributed by atoms with Crippen LogP contribution in [-0.2, 0) is 10.0 Å². The first kappa shape index (κ1) is 25.5. The molecule has 2 atom stereocenters. The van der Waals surface area contributed by atoms with Crippen molar-refractivity contribution >= 4 is 67.8 Å². The first-order chi connectivity index (χ1) is 16.0. The number of hydrogen-bond donors (Lipinski definition) is 1. The Bertz CT molecular complexity index is 1320. The standard InChI is InChI=1S/C24H23Cl4N3O2S/c1-14-10-24(15(2)9-20(14)27)34(32,33)29-13-19-12-23(16-3-5-17(25)6-4-16)31(30-19)22-8-7-18(26)11-21(22)28/h3,5-11,16,23,29H,4,12-13H2,1-2H3/t16?,23-/m0/s1. The maximum atomic E-state index is 13.0. The van der Waals surface area contributed by atoms with Crippen LogP contribution in [0.25, 0.3) is 0 Å². The third kappa shape index (κ3) is 5.48. The van der Waals surface area contributed by atoms with Crippen molar-refractivity contribution in [3.8, 4) is 0 Å². The highest BCUT2D eigenvalue weighted by Crippen LogP contribution is 2.38. The molecule has 1 unspecified atom stereocenters. The summed E-state index contributed by atoms with van der Waals surface area (Å²) in [4.78, 5) is 0.206. The average molecular weight is 559 g/mol. The van der Waals surface area contributed by atoms with Gasteiger partial charge < -0.3 is 0 Å². The molecule has 4 rings (SSSR count). The Kier molecular flexibility index (Phi) is 7.67. The molecule has 0 spiro atoms. The fraction of sp³-hybridized carbons (Fsp3) is 0.292. The normalized spacial score (nSPS) is 20.5. The van der Waals surface area contributed by atoms with Gasteiger partial charge in [-0.05, 0) is 67.8 Å². The lowest BCUT2D eigenvalue weighted by Gasteiger charge is -2.30. The fourth-order valence-corrected chi connectivity index (χ4v) is 6.33. The minimum absolute atomic E-state index is 0.0463. The molecule has 0 saturated carbocycles. The Morgan fingerprint density at radius 1 is 1.06 bits per heavy atom. The number of sulfonamides is 1. The van der Waals surface area contributed by atoms with Gasteiger partial charge in [0.15, 0.2) is 0 Å². The van der Waals surface area contributed by atoms with Gasteiger partial charge in [-0.15, -0.1) is 0 Å². The van der Waals surface area contributed by atoms with Gasteiger partial charge in [0, 0.05) is 27.4 Å². The van der Waals surface area contributed by atoms with Gasteiger partial charge in [-0.1, -0.05) is 58.6 Å². The summed E-state index contributed by atoms with van der Waals surface area (Å²) in [7, 11) is -3.76. The summed E-state index contributed by atoms with van der Waals surface area (Å²) in [5.74, 6) is 0.133. The first-order valence-corrected chi connectivity index (χ1v) is 13.7. The summed E-state index contributed by atoms with van der Waals surface area (Å²) in [6, 6.07) is 8.45. The largest absolute Gasteiger partial charge is 0.260 e. The van der Waals surface area contributed by atoms with Crippen molar-refractivity contribution in [3.05, 3.63) is 79.8 Å². The first-order valence-electron chi connectivity index (χ1n) is 10.7. The third-order valence-electron chi connectivity index (χ3n) is 5.96. The number of nitrogens with zero attached hydrogens (tertiary/aromatic N) is 2. The molecule has 180 valence electrons. The maximum absolute atomic E-state index is 13.0. The summed E-state index contributed by atoms with van der Waals surface area (Å²) in [5.41, 5.74) is 2.70. The Labute approximate surface area is 220 Å². The lowest BCUT2D eigenvalue weighted by Crippen LogP contribution is -2.34. The second-order valence-electron chi connectivity index (χ2n) is 8.42. The Balaban J connectivity index is 1.59. The van der Waals surface area contributed by atoms with Gasteiger partial charge in [0.1, 0.15) is 0 Å². The van der Waals surface area contributed by atoms with Gasteiger partial charge in [-0.25, -0.2) is 13.1 Å². The van der Waals surface area contributed by atoms with Crippen molar-refractivity contribution in [1.82, 2.24) is 4.72 Å². The topological polar surface area (TPSA) is 61.8 Å². The van der Waals surface area contributed by atoms with Crippen LogP contribution in [0, 0.1) is 19.8 Å². The predicted molar refractivity (Wildman–Crippen MR) is 142 cm³/mol. The van der Waals surface area contributed by atoms with E-state index in [4.69, 9.17) is 51.5 Å². The molecule has 1 heterocycles. The van der Waals surface area contributed by atoms with Crippen LogP contribution in [-0.4, -0.2) is 26.7 Å². The molecular weight excluding hydrogens is 536 g/mol. The molecule has 0 amide bonds. The highest BCUT2D eigenvalue weighted by Gasteiger charge is 2.35. The zero-order valence-electron chi connectivity index (χ0n) is 18.5. The van der Waals surface area contributed by atoms with Gasteiger partial charge in [0.2, 0.25) is 10.0 Å². The van der Waals surface area contributed by atoms with Crippen LogP contribution in [0.1, 0.15) is 24.0 Å². The highest BCUT2D eigenvalue weighted by atomic mass is 35.5. The number of hydrazone groups is 1.